The fourth-order valence-electron chi connectivity index (χ4n) is 1.99. The number of carbonyl (C=O) groups excluding carboxylic acids is 2. The molecule has 0 aliphatic rings. The van der Waals surface area contributed by atoms with Crippen LogP contribution in [0, 0.1) is 12.8 Å². The molecular weight excluding hydrogens is 256 g/mol. The maximum absolute atomic E-state index is 11.8. The smallest absolute Gasteiger partial charge is 0.310 e. The number of carbonyl (C=O) groups is 2. The van der Waals surface area contributed by atoms with Crippen LogP contribution in [-0.4, -0.2) is 39.1 Å². The molecule has 2 N–H and O–H groups in total. The van der Waals surface area contributed by atoms with Gasteiger partial charge in [-0.1, -0.05) is 29.8 Å². The van der Waals surface area contributed by atoms with Crippen LogP contribution in [0.25, 0.3) is 0 Å². The monoisotopic (exact) mass is 278 g/mol. The molecule has 1 aromatic rings. The highest BCUT2D eigenvalue weighted by atomic mass is 16.5. The minimum Gasteiger partial charge on any atom is -0.469 e. The van der Waals surface area contributed by atoms with Crippen molar-refractivity contribution in [2.24, 2.45) is 5.92 Å². The first-order chi connectivity index (χ1) is 9.56. The number of amides is 1. The molecule has 0 spiro atoms. The van der Waals surface area contributed by atoms with Gasteiger partial charge in [0.15, 0.2) is 0 Å². The van der Waals surface area contributed by atoms with Gasteiger partial charge in [0.1, 0.15) is 0 Å². The van der Waals surface area contributed by atoms with Gasteiger partial charge in [-0.2, -0.15) is 0 Å². The maximum Gasteiger partial charge on any atom is 0.310 e. The lowest BCUT2D eigenvalue weighted by atomic mass is 9.98. The molecule has 20 heavy (non-hydrogen) atoms. The lowest BCUT2D eigenvalue weighted by Crippen LogP contribution is -2.38. The van der Waals surface area contributed by atoms with Gasteiger partial charge in [0.05, 0.1) is 19.6 Å². The molecule has 1 atom stereocenters. The lowest BCUT2D eigenvalue weighted by Gasteiger charge is -2.16. The molecule has 0 bridgehead atoms. The standard InChI is InChI=1S/C15H22N2O3/c1-11-5-4-6-12(7-11)8-13(15(19)20-3)9-17-14(18)10-16-2/h4-7,13,16H,8-10H2,1-3H3,(H,17,18). The van der Waals surface area contributed by atoms with E-state index in [9.17, 15) is 9.59 Å². The summed E-state index contributed by atoms with van der Waals surface area (Å²) in [5, 5.41) is 5.49. The topological polar surface area (TPSA) is 67.4 Å². The number of hydrogen-bond acceptors (Lipinski definition) is 4. The summed E-state index contributed by atoms with van der Waals surface area (Å²) < 4.78 is 4.80. The van der Waals surface area contributed by atoms with Gasteiger partial charge < -0.3 is 15.4 Å². The van der Waals surface area contributed by atoms with Crippen LogP contribution < -0.4 is 10.6 Å². The average Bonchev–Trinajstić information content (AvgIpc) is 2.43. The quantitative estimate of drug-likeness (QED) is 0.719. The minimum absolute atomic E-state index is 0.134. The Bertz CT molecular complexity index is 460. The zero-order valence-electron chi connectivity index (χ0n) is 12.2. The molecule has 0 aromatic heterocycles. The van der Waals surface area contributed by atoms with E-state index in [1.807, 2.05) is 31.2 Å². The number of likely N-dealkylation sites (N-methyl/N-ethyl adjacent to an activating group) is 1. The van der Waals surface area contributed by atoms with E-state index in [0.29, 0.717) is 6.42 Å². The summed E-state index contributed by atoms with van der Waals surface area (Å²) in [5.41, 5.74) is 2.20. The largest absolute Gasteiger partial charge is 0.469 e. The van der Waals surface area contributed by atoms with Gasteiger partial charge in [-0.25, -0.2) is 0 Å². The Morgan fingerprint density at radius 2 is 2.10 bits per heavy atom. The van der Waals surface area contributed by atoms with Crippen molar-refractivity contribution in [2.45, 2.75) is 13.3 Å². The highest BCUT2D eigenvalue weighted by Gasteiger charge is 2.20. The number of nitrogens with one attached hydrogen (secondary N) is 2. The average molecular weight is 278 g/mol. The zero-order valence-corrected chi connectivity index (χ0v) is 12.2. The third kappa shape index (κ3) is 5.40. The molecular formula is C15H22N2O3. The Morgan fingerprint density at radius 1 is 1.35 bits per heavy atom. The van der Waals surface area contributed by atoms with Gasteiger partial charge in [0.2, 0.25) is 5.91 Å². The van der Waals surface area contributed by atoms with Gasteiger partial charge in [-0.15, -0.1) is 0 Å². The molecule has 110 valence electrons. The number of rotatable bonds is 7. The van der Waals surface area contributed by atoms with Crippen LogP contribution in [0.15, 0.2) is 24.3 Å². The molecule has 5 heteroatoms. The van der Waals surface area contributed by atoms with Gasteiger partial charge in [0, 0.05) is 6.54 Å². The number of ether oxygens (including phenoxy) is 1. The van der Waals surface area contributed by atoms with Crippen LogP contribution in [0.4, 0.5) is 0 Å². The number of methoxy groups -OCH3 is 1. The Hall–Kier alpha value is -1.88. The fourth-order valence-corrected chi connectivity index (χ4v) is 1.99. The summed E-state index contributed by atoms with van der Waals surface area (Å²) in [6.07, 6.45) is 0.550. The summed E-state index contributed by atoms with van der Waals surface area (Å²) in [6, 6.07) is 7.97. The molecule has 0 heterocycles. The van der Waals surface area contributed by atoms with Crippen LogP contribution >= 0.6 is 0 Å². The summed E-state index contributed by atoms with van der Waals surface area (Å²) in [5.74, 6) is -0.815. The van der Waals surface area contributed by atoms with Crippen molar-refractivity contribution in [3.8, 4) is 0 Å². The van der Waals surface area contributed by atoms with Crippen molar-refractivity contribution in [3.05, 3.63) is 35.4 Å². The molecule has 0 saturated carbocycles. The highest BCUT2D eigenvalue weighted by molar-refractivity contribution is 5.79. The first-order valence-corrected chi connectivity index (χ1v) is 6.61. The number of aryl methyl sites for hydroxylation is 1. The van der Waals surface area contributed by atoms with E-state index in [2.05, 4.69) is 10.6 Å². The lowest BCUT2D eigenvalue weighted by molar-refractivity contribution is -0.145. The Labute approximate surface area is 119 Å². The second-order valence-electron chi connectivity index (χ2n) is 4.75. The van der Waals surface area contributed by atoms with Crippen LogP contribution in [0.1, 0.15) is 11.1 Å². The molecule has 0 fully saturated rings. The normalized spacial score (nSPS) is 11.8. The van der Waals surface area contributed by atoms with E-state index >= 15 is 0 Å². The van der Waals surface area contributed by atoms with E-state index in [1.54, 1.807) is 7.05 Å². The summed E-state index contributed by atoms with van der Waals surface area (Å²) >= 11 is 0. The van der Waals surface area contributed by atoms with E-state index in [-0.39, 0.29) is 30.9 Å². The molecule has 5 nitrogen and oxygen atoms in total. The number of benzene rings is 1. The summed E-state index contributed by atoms with van der Waals surface area (Å²) in [4.78, 5) is 23.2. The van der Waals surface area contributed by atoms with Gasteiger partial charge in [0.25, 0.3) is 0 Å². The van der Waals surface area contributed by atoms with E-state index in [0.717, 1.165) is 11.1 Å². The van der Waals surface area contributed by atoms with Crippen molar-refractivity contribution >= 4 is 11.9 Å². The minimum atomic E-state index is -0.373. The second kappa shape index (κ2) is 8.32. The van der Waals surface area contributed by atoms with Crippen molar-refractivity contribution < 1.29 is 14.3 Å². The third-order valence-corrected chi connectivity index (χ3v) is 2.98. The second-order valence-corrected chi connectivity index (χ2v) is 4.75. The van der Waals surface area contributed by atoms with Crippen molar-refractivity contribution in [2.75, 3.05) is 27.2 Å². The molecule has 0 radical (unpaired) electrons. The van der Waals surface area contributed by atoms with Crippen LogP contribution in [-0.2, 0) is 20.7 Å². The molecule has 1 rings (SSSR count). The van der Waals surface area contributed by atoms with E-state index < -0.39 is 0 Å². The molecule has 0 aliphatic carbocycles. The van der Waals surface area contributed by atoms with Crippen molar-refractivity contribution in [1.29, 1.82) is 0 Å². The molecule has 1 amide bonds. The maximum atomic E-state index is 11.8. The Kier molecular flexibility index (Phi) is 6.73. The van der Waals surface area contributed by atoms with Crippen molar-refractivity contribution in [3.63, 3.8) is 0 Å². The SMILES string of the molecule is CNCC(=O)NCC(Cc1cccc(C)c1)C(=O)OC. The molecule has 0 aliphatic heterocycles. The first-order valence-electron chi connectivity index (χ1n) is 6.61. The van der Waals surface area contributed by atoms with Crippen molar-refractivity contribution in [1.82, 2.24) is 10.6 Å². The summed E-state index contributed by atoms with van der Waals surface area (Å²) in [6.45, 7) is 2.52. The Morgan fingerprint density at radius 3 is 2.70 bits per heavy atom. The third-order valence-electron chi connectivity index (χ3n) is 2.98. The summed E-state index contributed by atoms with van der Waals surface area (Å²) in [7, 11) is 3.06. The molecule has 1 unspecified atom stereocenters. The van der Waals surface area contributed by atoms with E-state index in [1.165, 1.54) is 7.11 Å². The number of hydrogen-bond donors (Lipinski definition) is 2. The molecule has 1 aromatic carbocycles. The zero-order chi connectivity index (χ0) is 15.0. The Balaban J connectivity index is 2.65. The van der Waals surface area contributed by atoms with Crippen LogP contribution in [0.3, 0.4) is 0 Å². The predicted octanol–water partition coefficient (Wildman–Crippen LogP) is 0.662. The predicted molar refractivity (Wildman–Crippen MR) is 77.3 cm³/mol. The highest BCUT2D eigenvalue weighted by Crippen LogP contribution is 2.11. The molecule has 0 saturated heterocycles. The van der Waals surface area contributed by atoms with Crippen LogP contribution in [0.5, 0.6) is 0 Å². The van der Waals surface area contributed by atoms with Gasteiger partial charge >= 0.3 is 5.97 Å². The fraction of sp³-hybridized carbons (Fsp3) is 0.467. The van der Waals surface area contributed by atoms with Gasteiger partial charge in [-0.3, -0.25) is 9.59 Å². The van der Waals surface area contributed by atoms with E-state index in [4.69, 9.17) is 4.74 Å². The van der Waals surface area contributed by atoms with Crippen LogP contribution in [0.2, 0.25) is 0 Å². The first kappa shape index (κ1) is 16.2. The van der Waals surface area contributed by atoms with Gasteiger partial charge in [-0.05, 0) is 26.0 Å². The number of esters is 1.